The van der Waals surface area contributed by atoms with E-state index in [1.54, 1.807) is 30.3 Å². The van der Waals surface area contributed by atoms with Gasteiger partial charge >= 0.3 is 0 Å². The molecule has 0 aliphatic carbocycles. The number of furan rings is 1. The fourth-order valence-electron chi connectivity index (χ4n) is 2.43. The van der Waals surface area contributed by atoms with Crippen LogP contribution in [0.2, 0.25) is 0 Å². The SMILES string of the molecule is Cc1ccccc1NC(=S)N/N=C/c1ccc(-c2ccccc2[N+](=O)[O-])o1. The second-order valence-electron chi connectivity index (χ2n) is 5.62. The first kappa shape index (κ1) is 18.3. The number of rotatable bonds is 5. The molecule has 8 heteroatoms. The van der Waals surface area contributed by atoms with Crippen LogP contribution >= 0.6 is 12.2 Å². The van der Waals surface area contributed by atoms with Crippen molar-refractivity contribution in [3.8, 4) is 11.3 Å². The molecule has 0 saturated carbocycles. The highest BCUT2D eigenvalue weighted by Crippen LogP contribution is 2.30. The number of para-hydroxylation sites is 2. The number of benzene rings is 2. The Hall–Kier alpha value is -3.52. The number of nitrogens with zero attached hydrogens (tertiary/aromatic N) is 2. The lowest BCUT2D eigenvalue weighted by Crippen LogP contribution is -2.24. The van der Waals surface area contributed by atoms with E-state index in [4.69, 9.17) is 16.6 Å². The quantitative estimate of drug-likeness (QED) is 0.293. The average Bonchev–Trinajstić information content (AvgIpc) is 3.12. The van der Waals surface area contributed by atoms with Crippen LogP contribution in [0, 0.1) is 17.0 Å². The predicted molar refractivity (Wildman–Crippen MR) is 109 cm³/mol. The van der Waals surface area contributed by atoms with Gasteiger partial charge < -0.3 is 9.73 Å². The zero-order valence-electron chi connectivity index (χ0n) is 14.4. The molecule has 0 unspecified atom stereocenters. The molecule has 1 heterocycles. The van der Waals surface area contributed by atoms with Crippen molar-refractivity contribution in [1.29, 1.82) is 0 Å². The first-order valence-electron chi connectivity index (χ1n) is 8.04. The van der Waals surface area contributed by atoms with Crippen molar-refractivity contribution in [3.63, 3.8) is 0 Å². The van der Waals surface area contributed by atoms with E-state index in [-0.39, 0.29) is 5.69 Å². The van der Waals surface area contributed by atoms with Crippen LogP contribution in [0.15, 0.2) is 70.2 Å². The number of hydrogen-bond donors (Lipinski definition) is 2. The van der Waals surface area contributed by atoms with Crippen LogP contribution in [-0.4, -0.2) is 16.3 Å². The van der Waals surface area contributed by atoms with Crippen LogP contribution < -0.4 is 10.7 Å². The summed E-state index contributed by atoms with van der Waals surface area (Å²) in [5.41, 5.74) is 5.05. The molecular weight excluding hydrogens is 364 g/mol. The topological polar surface area (TPSA) is 92.7 Å². The molecule has 27 heavy (non-hydrogen) atoms. The number of anilines is 1. The summed E-state index contributed by atoms with van der Waals surface area (Å²) in [7, 11) is 0. The summed E-state index contributed by atoms with van der Waals surface area (Å²) in [5, 5.41) is 18.5. The Bertz CT molecular complexity index is 1010. The van der Waals surface area contributed by atoms with E-state index in [0.717, 1.165) is 11.3 Å². The van der Waals surface area contributed by atoms with Gasteiger partial charge in [0.2, 0.25) is 0 Å². The second kappa shape index (κ2) is 8.24. The summed E-state index contributed by atoms with van der Waals surface area (Å²) in [6, 6.07) is 17.5. The summed E-state index contributed by atoms with van der Waals surface area (Å²) in [4.78, 5) is 10.7. The summed E-state index contributed by atoms with van der Waals surface area (Å²) in [6.45, 7) is 1.97. The van der Waals surface area contributed by atoms with Crippen molar-refractivity contribution >= 4 is 34.9 Å². The molecule has 0 atom stereocenters. The largest absolute Gasteiger partial charge is 0.455 e. The minimum atomic E-state index is -0.442. The molecule has 0 aliphatic rings. The van der Waals surface area contributed by atoms with Gasteiger partial charge in [-0.15, -0.1) is 0 Å². The van der Waals surface area contributed by atoms with E-state index in [1.165, 1.54) is 12.3 Å². The number of aryl methyl sites for hydroxylation is 1. The molecule has 0 spiro atoms. The number of hydrazone groups is 1. The fraction of sp³-hybridized carbons (Fsp3) is 0.0526. The lowest BCUT2D eigenvalue weighted by Gasteiger charge is -2.08. The molecule has 0 radical (unpaired) electrons. The molecule has 3 rings (SSSR count). The molecule has 2 aromatic carbocycles. The number of nitro benzene ring substituents is 1. The van der Waals surface area contributed by atoms with Crippen LogP contribution in [0.4, 0.5) is 11.4 Å². The Labute approximate surface area is 160 Å². The summed E-state index contributed by atoms with van der Waals surface area (Å²) >= 11 is 5.20. The van der Waals surface area contributed by atoms with Crippen LogP contribution in [0.1, 0.15) is 11.3 Å². The zero-order chi connectivity index (χ0) is 19.2. The van der Waals surface area contributed by atoms with Crippen LogP contribution in [0.3, 0.4) is 0 Å². The highest BCUT2D eigenvalue weighted by molar-refractivity contribution is 7.80. The average molecular weight is 380 g/mol. The van der Waals surface area contributed by atoms with Crippen molar-refractivity contribution in [3.05, 3.63) is 82.1 Å². The third-order valence-corrected chi connectivity index (χ3v) is 3.94. The predicted octanol–water partition coefficient (Wildman–Crippen LogP) is 4.48. The monoisotopic (exact) mass is 380 g/mol. The number of hydrogen-bond acceptors (Lipinski definition) is 5. The third-order valence-electron chi connectivity index (χ3n) is 3.74. The third kappa shape index (κ3) is 4.56. The molecule has 0 fully saturated rings. The number of thiocarbonyl (C=S) groups is 1. The maximum Gasteiger partial charge on any atom is 0.280 e. The molecule has 0 aliphatic heterocycles. The number of nitrogens with one attached hydrogen (secondary N) is 2. The first-order chi connectivity index (χ1) is 13.0. The van der Waals surface area contributed by atoms with Gasteiger partial charge in [0.25, 0.3) is 5.69 Å². The highest BCUT2D eigenvalue weighted by atomic mass is 32.1. The van der Waals surface area contributed by atoms with Gasteiger partial charge in [-0.05, 0) is 49.0 Å². The minimum absolute atomic E-state index is 0.0166. The fourth-order valence-corrected chi connectivity index (χ4v) is 2.59. The molecule has 0 amide bonds. The first-order valence-corrected chi connectivity index (χ1v) is 8.45. The van der Waals surface area contributed by atoms with Gasteiger partial charge in [0, 0.05) is 11.8 Å². The van der Waals surface area contributed by atoms with Gasteiger partial charge in [-0.2, -0.15) is 5.10 Å². The summed E-state index contributed by atoms with van der Waals surface area (Å²) in [6.07, 6.45) is 1.45. The van der Waals surface area contributed by atoms with Crippen molar-refractivity contribution in [1.82, 2.24) is 5.43 Å². The Kier molecular flexibility index (Phi) is 5.58. The van der Waals surface area contributed by atoms with Crippen molar-refractivity contribution in [2.75, 3.05) is 5.32 Å². The summed E-state index contributed by atoms with van der Waals surface area (Å²) in [5.74, 6) is 0.832. The van der Waals surface area contributed by atoms with E-state index in [9.17, 15) is 10.1 Å². The van der Waals surface area contributed by atoms with Crippen molar-refractivity contribution in [2.24, 2.45) is 5.10 Å². The standard InChI is InChI=1S/C19H16N4O3S/c1-13-6-2-4-8-16(13)21-19(27)22-20-12-14-10-11-18(26-14)15-7-3-5-9-17(15)23(24)25/h2-12H,1H3,(H2,21,22,27)/b20-12+. The molecule has 0 saturated heterocycles. The Morgan fingerprint density at radius 3 is 2.67 bits per heavy atom. The van der Waals surface area contributed by atoms with Gasteiger partial charge in [-0.25, -0.2) is 0 Å². The molecule has 3 aromatic rings. The van der Waals surface area contributed by atoms with E-state index >= 15 is 0 Å². The van der Waals surface area contributed by atoms with E-state index in [0.29, 0.717) is 22.2 Å². The zero-order valence-corrected chi connectivity index (χ0v) is 15.2. The van der Waals surface area contributed by atoms with Gasteiger partial charge in [0.15, 0.2) is 5.11 Å². The van der Waals surface area contributed by atoms with Crippen LogP contribution in [0.25, 0.3) is 11.3 Å². The lowest BCUT2D eigenvalue weighted by molar-refractivity contribution is -0.384. The van der Waals surface area contributed by atoms with E-state index in [2.05, 4.69) is 15.8 Å². The lowest BCUT2D eigenvalue weighted by atomic mass is 10.1. The Balaban J connectivity index is 1.65. The van der Waals surface area contributed by atoms with Crippen LogP contribution in [0.5, 0.6) is 0 Å². The maximum atomic E-state index is 11.1. The molecule has 7 nitrogen and oxygen atoms in total. The smallest absolute Gasteiger partial charge is 0.280 e. The molecule has 0 bridgehead atoms. The van der Waals surface area contributed by atoms with Gasteiger partial charge in [-0.1, -0.05) is 30.3 Å². The summed E-state index contributed by atoms with van der Waals surface area (Å²) < 4.78 is 5.62. The highest BCUT2D eigenvalue weighted by Gasteiger charge is 2.16. The molecule has 1 aromatic heterocycles. The van der Waals surface area contributed by atoms with Gasteiger partial charge in [0.1, 0.15) is 11.5 Å². The van der Waals surface area contributed by atoms with E-state index < -0.39 is 4.92 Å². The van der Waals surface area contributed by atoms with Crippen LogP contribution in [-0.2, 0) is 0 Å². The molecular formula is C19H16N4O3S. The maximum absolute atomic E-state index is 11.1. The molecule has 136 valence electrons. The Morgan fingerprint density at radius 2 is 1.89 bits per heavy atom. The van der Waals surface area contributed by atoms with Crippen molar-refractivity contribution < 1.29 is 9.34 Å². The second-order valence-corrected chi connectivity index (χ2v) is 6.02. The van der Waals surface area contributed by atoms with Gasteiger partial charge in [0.05, 0.1) is 16.7 Å². The Morgan fingerprint density at radius 1 is 1.15 bits per heavy atom. The van der Waals surface area contributed by atoms with Gasteiger partial charge in [-0.3, -0.25) is 15.5 Å². The molecule has 2 N–H and O–H groups in total. The van der Waals surface area contributed by atoms with Crippen molar-refractivity contribution in [2.45, 2.75) is 6.92 Å². The number of nitro groups is 1. The minimum Gasteiger partial charge on any atom is -0.455 e. The normalized spacial score (nSPS) is 10.7. The van der Waals surface area contributed by atoms with E-state index in [1.807, 2.05) is 31.2 Å².